The predicted octanol–water partition coefficient (Wildman–Crippen LogP) is 4.65. The smallest absolute Gasteiger partial charge is 0.185 e. The average molecular weight is 377 g/mol. The van der Waals surface area contributed by atoms with Crippen molar-refractivity contribution in [1.82, 2.24) is 10.4 Å². The van der Waals surface area contributed by atoms with Gasteiger partial charge in [0.1, 0.15) is 5.15 Å². The first kappa shape index (κ1) is 13.4. The van der Waals surface area contributed by atoms with E-state index in [9.17, 15) is 0 Å². The molecule has 1 aliphatic heterocycles. The minimum atomic E-state index is 0.0520. The van der Waals surface area contributed by atoms with Crippen LogP contribution in [-0.4, -0.2) is 10.7 Å². The van der Waals surface area contributed by atoms with Gasteiger partial charge in [0.2, 0.25) is 0 Å². The normalized spacial score (nSPS) is 18.3. The largest absolute Gasteiger partial charge is 0.301 e. The molecule has 0 amide bonds. The minimum Gasteiger partial charge on any atom is -0.301 e. The summed E-state index contributed by atoms with van der Waals surface area (Å²) in [4.78, 5) is 4.95. The highest BCUT2D eigenvalue weighted by Crippen LogP contribution is 2.35. The number of benzene rings is 1. The van der Waals surface area contributed by atoms with Crippen molar-refractivity contribution in [3.63, 3.8) is 0 Å². The Labute approximate surface area is 132 Å². The van der Waals surface area contributed by atoms with Crippen LogP contribution in [0.3, 0.4) is 0 Å². The van der Waals surface area contributed by atoms with Gasteiger partial charge in [-0.15, -0.1) is 11.3 Å². The molecule has 0 fully saturated rings. The molecule has 1 atom stereocenters. The van der Waals surface area contributed by atoms with E-state index >= 15 is 0 Å². The van der Waals surface area contributed by atoms with Crippen molar-refractivity contribution in [1.29, 1.82) is 0 Å². The molecule has 3 rings (SSSR count). The van der Waals surface area contributed by atoms with Gasteiger partial charge >= 0.3 is 0 Å². The van der Waals surface area contributed by atoms with Crippen molar-refractivity contribution in [3.8, 4) is 0 Å². The van der Waals surface area contributed by atoms with E-state index in [1.165, 1.54) is 11.3 Å². The molecule has 1 aliphatic rings. The monoisotopic (exact) mass is 375 g/mol. The van der Waals surface area contributed by atoms with Gasteiger partial charge < -0.3 is 5.43 Å². The molecule has 1 aromatic carbocycles. The second-order valence-electron chi connectivity index (χ2n) is 4.07. The number of hydrogen-bond acceptors (Lipinski definition) is 4. The van der Waals surface area contributed by atoms with Crippen LogP contribution in [0, 0.1) is 0 Å². The first-order valence-corrected chi connectivity index (χ1v) is 7.90. The molecule has 0 saturated heterocycles. The molecule has 0 spiro atoms. The van der Waals surface area contributed by atoms with E-state index in [-0.39, 0.29) is 6.04 Å². The van der Waals surface area contributed by atoms with Gasteiger partial charge in [-0.25, -0.2) is 4.98 Å². The highest BCUT2D eigenvalue weighted by molar-refractivity contribution is 9.10. The van der Waals surface area contributed by atoms with Crippen LogP contribution in [0.1, 0.15) is 22.9 Å². The maximum absolute atomic E-state index is 6.06. The molecular weight excluding hydrogens is 369 g/mol. The van der Waals surface area contributed by atoms with Crippen molar-refractivity contribution in [2.45, 2.75) is 12.5 Å². The summed E-state index contributed by atoms with van der Waals surface area (Å²) in [6.45, 7) is 0. The van der Waals surface area contributed by atoms with E-state index in [1.807, 2.05) is 24.3 Å². The zero-order valence-electron chi connectivity index (χ0n) is 9.53. The zero-order valence-corrected chi connectivity index (χ0v) is 13.4. The van der Waals surface area contributed by atoms with Gasteiger partial charge in [0.15, 0.2) is 4.47 Å². The van der Waals surface area contributed by atoms with E-state index < -0.39 is 0 Å². The number of hydrazone groups is 1. The number of thiazole rings is 1. The number of nitrogens with zero attached hydrogens (tertiary/aromatic N) is 2. The van der Waals surface area contributed by atoms with Gasteiger partial charge in [-0.2, -0.15) is 5.10 Å². The summed E-state index contributed by atoms with van der Waals surface area (Å²) < 4.78 is 1.51. The van der Waals surface area contributed by atoms with Gasteiger partial charge in [0, 0.05) is 10.9 Å². The van der Waals surface area contributed by atoms with Crippen molar-refractivity contribution < 1.29 is 0 Å². The number of nitrogens with one attached hydrogen (secondary N) is 1. The van der Waals surface area contributed by atoms with Crippen LogP contribution in [0.5, 0.6) is 0 Å². The first-order valence-electron chi connectivity index (χ1n) is 5.53. The van der Waals surface area contributed by atoms with E-state index in [2.05, 4.69) is 31.4 Å². The van der Waals surface area contributed by atoms with Crippen LogP contribution in [0.2, 0.25) is 9.62 Å². The van der Waals surface area contributed by atoms with Crippen LogP contribution >= 0.6 is 50.5 Å². The van der Waals surface area contributed by atoms with Crippen molar-refractivity contribution in [2.24, 2.45) is 5.10 Å². The van der Waals surface area contributed by atoms with Crippen molar-refractivity contribution in [2.75, 3.05) is 0 Å². The molecule has 0 bridgehead atoms. The molecule has 0 radical (unpaired) electrons. The Morgan fingerprint density at radius 3 is 2.63 bits per heavy atom. The summed E-state index contributed by atoms with van der Waals surface area (Å²) in [5.41, 5.74) is 5.21. The molecule has 0 saturated carbocycles. The summed E-state index contributed by atoms with van der Waals surface area (Å²) >= 11 is 16.7. The Hall–Kier alpha value is -0.620. The maximum Gasteiger partial charge on any atom is 0.185 e. The van der Waals surface area contributed by atoms with Crippen LogP contribution in [0.4, 0.5) is 0 Å². The summed E-state index contributed by atoms with van der Waals surface area (Å²) in [5.74, 6) is 0. The molecule has 3 nitrogen and oxygen atoms in total. The number of hydrogen-bond donors (Lipinski definition) is 1. The summed E-state index contributed by atoms with van der Waals surface area (Å²) in [6, 6.07) is 8.13. The Morgan fingerprint density at radius 2 is 2.00 bits per heavy atom. The van der Waals surface area contributed by atoms with Gasteiger partial charge in [-0.1, -0.05) is 51.3 Å². The first-order chi connectivity index (χ1) is 9.13. The lowest BCUT2D eigenvalue weighted by Crippen LogP contribution is -2.08. The fraction of sp³-hybridized carbons (Fsp3) is 0.167. The van der Waals surface area contributed by atoms with Crippen LogP contribution < -0.4 is 5.43 Å². The molecular formula is C12H8BrCl2N3S. The molecule has 1 unspecified atom stereocenters. The van der Waals surface area contributed by atoms with Crippen LogP contribution in [0.25, 0.3) is 0 Å². The Kier molecular flexibility index (Phi) is 3.80. The van der Waals surface area contributed by atoms with E-state index in [4.69, 9.17) is 23.2 Å². The van der Waals surface area contributed by atoms with Gasteiger partial charge in [-0.05, 0) is 17.7 Å². The second kappa shape index (κ2) is 5.40. The Morgan fingerprint density at radius 1 is 1.26 bits per heavy atom. The highest BCUT2D eigenvalue weighted by atomic mass is 79.9. The zero-order chi connectivity index (χ0) is 13.4. The fourth-order valence-electron chi connectivity index (χ4n) is 1.92. The van der Waals surface area contributed by atoms with Crippen LogP contribution in [-0.2, 0) is 0 Å². The standard InChI is InChI=1S/C12H8BrCl2N3S/c13-7-3-1-6(2-4-7)8-5-9(18-17-8)10-11(14)16-12(15)19-10/h1-4,9,18H,5H2. The highest BCUT2D eigenvalue weighted by Gasteiger charge is 2.25. The lowest BCUT2D eigenvalue weighted by atomic mass is 10.0. The third-order valence-corrected chi connectivity index (χ3v) is 5.03. The molecule has 2 aromatic rings. The van der Waals surface area contributed by atoms with Crippen LogP contribution in [0.15, 0.2) is 33.8 Å². The number of rotatable bonds is 2. The summed E-state index contributed by atoms with van der Waals surface area (Å²) in [7, 11) is 0. The van der Waals surface area contributed by atoms with Gasteiger partial charge in [0.25, 0.3) is 0 Å². The number of aromatic nitrogens is 1. The van der Waals surface area contributed by atoms with E-state index in [0.29, 0.717) is 9.62 Å². The van der Waals surface area contributed by atoms with Crippen molar-refractivity contribution in [3.05, 3.63) is 48.8 Å². The lowest BCUT2D eigenvalue weighted by Gasteiger charge is -2.06. The predicted molar refractivity (Wildman–Crippen MR) is 83.3 cm³/mol. The van der Waals surface area contributed by atoms with Crippen molar-refractivity contribution >= 4 is 56.2 Å². The quantitative estimate of drug-likeness (QED) is 0.828. The Balaban J connectivity index is 1.79. The molecule has 2 heterocycles. The Bertz CT molecular complexity index is 639. The molecule has 98 valence electrons. The maximum atomic E-state index is 6.06. The SMILES string of the molecule is Clc1nc(Cl)c(C2CC(c3ccc(Br)cc3)=NN2)s1. The molecule has 1 aromatic heterocycles. The molecule has 0 aliphatic carbocycles. The third kappa shape index (κ3) is 2.79. The molecule has 7 heteroatoms. The molecule has 19 heavy (non-hydrogen) atoms. The topological polar surface area (TPSA) is 37.3 Å². The van der Waals surface area contributed by atoms with E-state index in [0.717, 1.165) is 27.0 Å². The number of halogens is 3. The summed E-state index contributed by atoms with van der Waals surface area (Å²) in [5, 5.41) is 4.83. The second-order valence-corrected chi connectivity index (χ2v) is 6.96. The average Bonchev–Trinajstić information content (AvgIpc) is 2.97. The minimum absolute atomic E-state index is 0.0520. The lowest BCUT2D eigenvalue weighted by molar-refractivity contribution is 0.629. The molecule has 1 N–H and O–H groups in total. The fourth-order valence-corrected chi connectivity index (χ4v) is 3.67. The third-order valence-electron chi connectivity index (χ3n) is 2.83. The van der Waals surface area contributed by atoms with Gasteiger partial charge in [0.05, 0.1) is 16.6 Å². The van der Waals surface area contributed by atoms with E-state index in [1.54, 1.807) is 0 Å². The van der Waals surface area contributed by atoms with Gasteiger partial charge in [-0.3, -0.25) is 0 Å². The summed E-state index contributed by atoms with van der Waals surface area (Å²) in [6.07, 6.45) is 0.778.